The monoisotopic (exact) mass is 250 g/mol. The minimum atomic E-state index is 0.599. The third-order valence-electron chi connectivity index (χ3n) is 3.26. The molecule has 1 saturated carbocycles. The first-order valence-electron chi connectivity index (χ1n) is 6.39. The molecule has 1 aromatic heterocycles. The van der Waals surface area contributed by atoms with Gasteiger partial charge in [-0.15, -0.1) is 6.58 Å². The van der Waals surface area contributed by atoms with Gasteiger partial charge in [-0.05, 0) is 42.2 Å². The number of nitrogens with one attached hydrogen (secondary N) is 1. The summed E-state index contributed by atoms with van der Waals surface area (Å²) in [4.78, 5) is 2.64. The van der Waals surface area contributed by atoms with Crippen molar-refractivity contribution >= 4 is 11.3 Å². The summed E-state index contributed by atoms with van der Waals surface area (Å²) in [6.45, 7) is 9.11. The second kappa shape index (κ2) is 6.34. The van der Waals surface area contributed by atoms with E-state index in [-0.39, 0.29) is 0 Å². The lowest BCUT2D eigenvalue weighted by atomic mass is 10.2. The average molecular weight is 250 g/mol. The van der Waals surface area contributed by atoms with Gasteiger partial charge in [0, 0.05) is 31.7 Å². The van der Waals surface area contributed by atoms with E-state index in [1.54, 1.807) is 11.3 Å². The molecule has 0 bridgehead atoms. The van der Waals surface area contributed by atoms with Crippen LogP contribution in [-0.4, -0.2) is 30.1 Å². The quantitative estimate of drug-likeness (QED) is 0.564. The minimum Gasteiger partial charge on any atom is -0.312 e. The molecule has 1 aromatic rings. The summed E-state index contributed by atoms with van der Waals surface area (Å²) in [6, 6.07) is 3.65. The smallest absolute Gasteiger partial charge is 0.0248 e. The maximum atomic E-state index is 3.74. The van der Waals surface area contributed by atoms with Gasteiger partial charge in [-0.25, -0.2) is 0 Å². The van der Waals surface area contributed by atoms with E-state index in [1.807, 2.05) is 6.08 Å². The molecule has 1 fully saturated rings. The second-order valence-electron chi connectivity index (χ2n) is 4.83. The lowest BCUT2D eigenvalue weighted by molar-refractivity contribution is 0.186. The molecule has 17 heavy (non-hydrogen) atoms. The Morgan fingerprint density at radius 1 is 1.65 bits per heavy atom. The number of hydrogen-bond donors (Lipinski definition) is 1. The predicted molar refractivity (Wildman–Crippen MR) is 75.4 cm³/mol. The molecule has 0 aliphatic heterocycles. The average Bonchev–Trinajstić information content (AvgIpc) is 3.03. The van der Waals surface area contributed by atoms with Crippen molar-refractivity contribution in [2.24, 2.45) is 0 Å². The van der Waals surface area contributed by atoms with Crippen molar-refractivity contribution < 1.29 is 0 Å². The SMILES string of the molecule is C=CCNCC(C)N(Cc1ccsc1)C1CC1. The summed E-state index contributed by atoms with van der Waals surface area (Å²) in [5.74, 6) is 0. The summed E-state index contributed by atoms with van der Waals surface area (Å²) < 4.78 is 0. The van der Waals surface area contributed by atoms with E-state index in [0.717, 1.165) is 25.7 Å². The highest BCUT2D eigenvalue weighted by molar-refractivity contribution is 7.07. The molecule has 0 saturated heterocycles. The Labute approximate surface area is 108 Å². The Kier molecular flexibility index (Phi) is 4.77. The van der Waals surface area contributed by atoms with Gasteiger partial charge in [0.05, 0.1) is 0 Å². The third kappa shape index (κ3) is 3.95. The summed E-state index contributed by atoms with van der Waals surface area (Å²) in [7, 11) is 0. The van der Waals surface area contributed by atoms with Gasteiger partial charge in [0.25, 0.3) is 0 Å². The zero-order valence-electron chi connectivity index (χ0n) is 10.6. The van der Waals surface area contributed by atoms with Gasteiger partial charge in [0.1, 0.15) is 0 Å². The van der Waals surface area contributed by atoms with Crippen molar-refractivity contribution in [3.05, 3.63) is 35.0 Å². The van der Waals surface area contributed by atoms with Crippen molar-refractivity contribution in [1.29, 1.82) is 0 Å². The van der Waals surface area contributed by atoms with Gasteiger partial charge in [-0.1, -0.05) is 6.08 Å². The molecule has 2 rings (SSSR count). The molecule has 2 nitrogen and oxygen atoms in total. The fourth-order valence-electron chi connectivity index (χ4n) is 2.16. The maximum absolute atomic E-state index is 3.74. The van der Waals surface area contributed by atoms with E-state index >= 15 is 0 Å². The van der Waals surface area contributed by atoms with Crippen LogP contribution in [0.25, 0.3) is 0 Å². The zero-order chi connectivity index (χ0) is 12.1. The molecule has 1 N–H and O–H groups in total. The molecular formula is C14H22N2S. The number of rotatable bonds is 8. The van der Waals surface area contributed by atoms with Gasteiger partial charge in [0.15, 0.2) is 0 Å². The lowest BCUT2D eigenvalue weighted by Gasteiger charge is -2.29. The summed E-state index contributed by atoms with van der Waals surface area (Å²) in [6.07, 6.45) is 4.67. The lowest BCUT2D eigenvalue weighted by Crippen LogP contribution is -2.41. The van der Waals surface area contributed by atoms with Crippen LogP contribution < -0.4 is 5.32 Å². The second-order valence-corrected chi connectivity index (χ2v) is 5.61. The van der Waals surface area contributed by atoms with Gasteiger partial charge in [-0.3, -0.25) is 4.90 Å². The van der Waals surface area contributed by atoms with E-state index in [0.29, 0.717) is 6.04 Å². The summed E-state index contributed by atoms with van der Waals surface area (Å²) in [5, 5.41) is 7.85. The molecule has 1 heterocycles. The highest BCUT2D eigenvalue weighted by atomic mass is 32.1. The Bertz CT molecular complexity index is 330. The van der Waals surface area contributed by atoms with Gasteiger partial charge < -0.3 is 5.32 Å². The van der Waals surface area contributed by atoms with Crippen LogP contribution in [-0.2, 0) is 6.54 Å². The molecule has 1 atom stereocenters. The first kappa shape index (κ1) is 12.8. The topological polar surface area (TPSA) is 15.3 Å². The molecule has 0 amide bonds. The number of thiophene rings is 1. The maximum Gasteiger partial charge on any atom is 0.0248 e. The van der Waals surface area contributed by atoms with Crippen LogP contribution in [0.15, 0.2) is 29.5 Å². The van der Waals surface area contributed by atoms with E-state index in [4.69, 9.17) is 0 Å². The molecule has 94 valence electrons. The fourth-order valence-corrected chi connectivity index (χ4v) is 2.82. The first-order chi connectivity index (χ1) is 8.31. The molecule has 0 spiro atoms. The Hall–Kier alpha value is -0.640. The van der Waals surface area contributed by atoms with Crippen LogP contribution in [0.5, 0.6) is 0 Å². The third-order valence-corrected chi connectivity index (χ3v) is 3.99. The molecule has 0 aromatic carbocycles. The van der Waals surface area contributed by atoms with Crippen LogP contribution >= 0.6 is 11.3 Å². The van der Waals surface area contributed by atoms with Gasteiger partial charge in [-0.2, -0.15) is 11.3 Å². The van der Waals surface area contributed by atoms with E-state index in [1.165, 1.54) is 18.4 Å². The summed E-state index contributed by atoms with van der Waals surface area (Å²) >= 11 is 1.79. The van der Waals surface area contributed by atoms with Crippen LogP contribution in [0.1, 0.15) is 25.3 Å². The number of hydrogen-bond acceptors (Lipinski definition) is 3. The predicted octanol–water partition coefficient (Wildman–Crippen LogP) is 2.88. The van der Waals surface area contributed by atoms with Crippen molar-refractivity contribution in [2.45, 2.75) is 38.4 Å². The van der Waals surface area contributed by atoms with Gasteiger partial charge >= 0.3 is 0 Å². The van der Waals surface area contributed by atoms with Crippen molar-refractivity contribution in [3.63, 3.8) is 0 Å². The molecule has 1 unspecified atom stereocenters. The van der Waals surface area contributed by atoms with E-state index in [2.05, 4.69) is 40.5 Å². The molecule has 1 aliphatic carbocycles. The van der Waals surface area contributed by atoms with Crippen molar-refractivity contribution in [3.8, 4) is 0 Å². The molecule has 1 aliphatic rings. The Morgan fingerprint density at radius 3 is 3.06 bits per heavy atom. The summed E-state index contributed by atoms with van der Waals surface area (Å²) in [5.41, 5.74) is 1.46. The zero-order valence-corrected chi connectivity index (χ0v) is 11.4. The van der Waals surface area contributed by atoms with Crippen LogP contribution in [0, 0.1) is 0 Å². The normalized spacial score (nSPS) is 17.3. The van der Waals surface area contributed by atoms with Crippen LogP contribution in [0.3, 0.4) is 0 Å². The molecule has 0 radical (unpaired) electrons. The Balaban J connectivity index is 1.85. The minimum absolute atomic E-state index is 0.599. The Morgan fingerprint density at radius 2 is 2.47 bits per heavy atom. The number of nitrogens with zero attached hydrogens (tertiary/aromatic N) is 1. The van der Waals surface area contributed by atoms with Crippen molar-refractivity contribution in [2.75, 3.05) is 13.1 Å². The standard InChI is InChI=1S/C14H22N2S/c1-3-7-15-9-12(2)16(14-4-5-14)10-13-6-8-17-11-13/h3,6,8,11-12,14-15H,1,4-5,7,9-10H2,2H3. The van der Waals surface area contributed by atoms with Gasteiger partial charge in [0.2, 0.25) is 0 Å². The molecular weight excluding hydrogens is 228 g/mol. The van der Waals surface area contributed by atoms with Crippen LogP contribution in [0.4, 0.5) is 0 Å². The molecule has 3 heteroatoms. The van der Waals surface area contributed by atoms with E-state index < -0.39 is 0 Å². The first-order valence-corrected chi connectivity index (χ1v) is 7.34. The highest BCUT2D eigenvalue weighted by Gasteiger charge is 2.31. The highest BCUT2D eigenvalue weighted by Crippen LogP contribution is 2.30. The fraction of sp³-hybridized carbons (Fsp3) is 0.571. The van der Waals surface area contributed by atoms with Crippen LogP contribution in [0.2, 0.25) is 0 Å². The largest absolute Gasteiger partial charge is 0.312 e. The van der Waals surface area contributed by atoms with E-state index in [9.17, 15) is 0 Å². The van der Waals surface area contributed by atoms with Crippen molar-refractivity contribution in [1.82, 2.24) is 10.2 Å².